The smallest absolute Gasteiger partial charge is 0.434 e. The van der Waals surface area contributed by atoms with Crippen LogP contribution in [0.1, 0.15) is 42.4 Å². The van der Waals surface area contributed by atoms with Crippen molar-refractivity contribution in [2.24, 2.45) is 0 Å². The lowest BCUT2D eigenvalue weighted by atomic mass is 10.2. The number of ether oxygens (including phenoxy) is 3. The Morgan fingerprint density at radius 3 is 2.29 bits per heavy atom. The van der Waals surface area contributed by atoms with Gasteiger partial charge in [0.2, 0.25) is 0 Å². The first-order chi connectivity index (χ1) is 23.1. The second kappa shape index (κ2) is 14.1. The van der Waals surface area contributed by atoms with Gasteiger partial charge in [-0.3, -0.25) is 15.0 Å². The summed E-state index contributed by atoms with van der Waals surface area (Å²) in [7, 11) is 0. The second-order valence-corrected chi connectivity index (χ2v) is 11.6. The van der Waals surface area contributed by atoms with Crippen LogP contribution in [0, 0.1) is 17.5 Å². The molecule has 1 aliphatic heterocycles. The Kier molecular flexibility index (Phi) is 10.1. The summed E-state index contributed by atoms with van der Waals surface area (Å²) in [4.78, 5) is 35.2. The summed E-state index contributed by atoms with van der Waals surface area (Å²) in [6.07, 6.45) is -3.24. The molecule has 3 aromatic heterocycles. The Bertz CT molecular complexity index is 1830. The number of aromatic nitrogens is 4. The van der Waals surface area contributed by atoms with Crippen LogP contribution in [0.5, 0.6) is 11.5 Å². The number of rotatable bonds is 8. The number of carbonyl (C=O) groups is 2. The van der Waals surface area contributed by atoms with Crippen LogP contribution in [-0.4, -0.2) is 68.6 Å². The molecule has 260 valence electrons. The molecule has 2 N–H and O–H groups in total. The van der Waals surface area contributed by atoms with Gasteiger partial charge < -0.3 is 19.5 Å². The van der Waals surface area contributed by atoms with Crippen molar-refractivity contribution in [3.05, 3.63) is 83.2 Å². The number of hydrogen-bond acceptors (Lipinski definition) is 9. The first kappa shape index (κ1) is 35.1. The van der Waals surface area contributed by atoms with E-state index in [0.717, 1.165) is 18.3 Å². The van der Waals surface area contributed by atoms with Crippen molar-refractivity contribution in [3.8, 4) is 17.3 Å². The fourth-order valence-corrected chi connectivity index (χ4v) is 4.73. The fraction of sp³-hybridized carbons (Fsp3) is 0.323. The minimum absolute atomic E-state index is 0.00883. The number of nitrogens with one attached hydrogen (secondary N) is 2. The first-order valence-corrected chi connectivity index (χ1v) is 14.6. The van der Waals surface area contributed by atoms with Crippen LogP contribution in [0.4, 0.5) is 42.6 Å². The zero-order chi connectivity index (χ0) is 35.5. The van der Waals surface area contributed by atoms with Crippen molar-refractivity contribution >= 4 is 23.5 Å². The lowest BCUT2D eigenvalue weighted by Gasteiger charge is -2.28. The lowest BCUT2D eigenvalue weighted by molar-refractivity contribution is -0.143. The number of hydrogen-bond donors (Lipinski definition) is 2. The highest BCUT2D eigenvalue weighted by molar-refractivity contribution is 6.05. The maximum absolute atomic E-state index is 15.4. The Balaban J connectivity index is 1.42. The number of carbonyl (C=O) groups excluding carboxylic acids is 2. The Morgan fingerprint density at radius 2 is 1.65 bits per heavy atom. The summed E-state index contributed by atoms with van der Waals surface area (Å²) < 4.78 is 104. The molecule has 5 rings (SSSR count). The Morgan fingerprint density at radius 1 is 0.959 bits per heavy atom. The first-order valence-electron chi connectivity index (χ1n) is 14.6. The van der Waals surface area contributed by atoms with E-state index in [1.807, 2.05) is 10.2 Å². The van der Waals surface area contributed by atoms with Crippen molar-refractivity contribution in [1.29, 1.82) is 0 Å². The summed E-state index contributed by atoms with van der Waals surface area (Å²) in [5.41, 5.74) is -3.86. The number of morpholine rings is 1. The van der Waals surface area contributed by atoms with Crippen molar-refractivity contribution in [2.75, 3.05) is 36.9 Å². The van der Waals surface area contributed by atoms with E-state index in [9.17, 15) is 27.2 Å². The van der Waals surface area contributed by atoms with E-state index in [1.165, 1.54) is 12.3 Å². The standard InChI is InChI=1S/C31H29F6N7O5/c1-30(2,3)49-29(46)42-26-19(16-43-9-11-47-12-10-43)23(6-8-38-26)48-24-21(33)13-17(14-22(24)34)41-28(45)18-15-40-44(25(18)31(35,36)37)27-20(32)5-4-7-39-27/h4-8,13-15H,9-12,16H2,1-3H3,(H,41,45)(H,38,42,46). The Labute approximate surface area is 275 Å². The number of benzene rings is 1. The zero-order valence-electron chi connectivity index (χ0n) is 26.2. The molecule has 18 heteroatoms. The highest BCUT2D eigenvalue weighted by Crippen LogP contribution is 2.37. The predicted molar refractivity (Wildman–Crippen MR) is 161 cm³/mol. The molecule has 4 aromatic rings. The molecule has 0 atom stereocenters. The van der Waals surface area contributed by atoms with Crippen LogP contribution in [-0.2, 0) is 22.2 Å². The molecule has 1 aliphatic rings. The van der Waals surface area contributed by atoms with Crippen LogP contribution in [0.3, 0.4) is 0 Å². The average molecular weight is 694 g/mol. The van der Waals surface area contributed by atoms with Gasteiger partial charge in [-0.15, -0.1) is 0 Å². The molecule has 12 nitrogen and oxygen atoms in total. The van der Waals surface area contributed by atoms with Crippen molar-refractivity contribution in [3.63, 3.8) is 0 Å². The molecular formula is C31H29F6N7O5. The number of nitrogens with zero attached hydrogens (tertiary/aromatic N) is 5. The summed E-state index contributed by atoms with van der Waals surface area (Å²) in [5, 5.41) is 8.02. The summed E-state index contributed by atoms with van der Waals surface area (Å²) in [5.74, 6) is -7.03. The minimum atomic E-state index is -5.21. The van der Waals surface area contributed by atoms with E-state index in [2.05, 4.69) is 20.4 Å². The largest absolute Gasteiger partial charge is 0.451 e. The topological polar surface area (TPSA) is 133 Å². The number of anilines is 2. The van der Waals surface area contributed by atoms with Crippen molar-refractivity contribution in [2.45, 2.75) is 39.1 Å². The van der Waals surface area contributed by atoms with Crippen LogP contribution < -0.4 is 15.4 Å². The summed E-state index contributed by atoms with van der Waals surface area (Å²) >= 11 is 0. The molecule has 0 spiro atoms. The van der Waals surface area contributed by atoms with Gasteiger partial charge in [0.25, 0.3) is 5.91 Å². The zero-order valence-corrected chi connectivity index (χ0v) is 26.2. The molecule has 1 saturated heterocycles. The Hall–Kier alpha value is -5.23. The van der Waals surface area contributed by atoms with Gasteiger partial charge in [-0.2, -0.15) is 18.3 Å². The molecular weight excluding hydrogens is 664 g/mol. The quantitative estimate of drug-likeness (QED) is 0.204. The maximum Gasteiger partial charge on any atom is 0.434 e. The minimum Gasteiger partial charge on any atom is -0.451 e. The maximum atomic E-state index is 15.4. The van der Waals surface area contributed by atoms with Crippen LogP contribution >= 0.6 is 0 Å². The van der Waals surface area contributed by atoms with Gasteiger partial charge in [-0.05, 0) is 39.0 Å². The van der Waals surface area contributed by atoms with E-state index < -0.39 is 69.7 Å². The van der Waals surface area contributed by atoms with E-state index in [1.54, 1.807) is 20.8 Å². The van der Waals surface area contributed by atoms with Crippen LogP contribution in [0.25, 0.3) is 5.82 Å². The highest BCUT2D eigenvalue weighted by Gasteiger charge is 2.41. The summed E-state index contributed by atoms with van der Waals surface area (Å²) in [6.45, 7) is 6.98. The predicted octanol–water partition coefficient (Wildman–Crippen LogP) is 6.32. The average Bonchev–Trinajstić information content (AvgIpc) is 3.46. The van der Waals surface area contributed by atoms with Crippen molar-refractivity contribution in [1.82, 2.24) is 24.6 Å². The molecule has 0 radical (unpaired) electrons. The van der Waals surface area contributed by atoms with Gasteiger partial charge in [0.05, 0.1) is 30.5 Å². The van der Waals surface area contributed by atoms with Gasteiger partial charge >= 0.3 is 12.3 Å². The molecule has 0 aliphatic carbocycles. The highest BCUT2D eigenvalue weighted by atomic mass is 19.4. The van der Waals surface area contributed by atoms with Gasteiger partial charge in [0.15, 0.2) is 34.7 Å². The van der Waals surface area contributed by atoms with Crippen molar-refractivity contribution < 1.29 is 50.1 Å². The molecule has 0 unspecified atom stereocenters. The number of halogens is 6. The second-order valence-electron chi connectivity index (χ2n) is 11.6. The molecule has 1 fully saturated rings. The van der Waals surface area contributed by atoms with Gasteiger partial charge in [0.1, 0.15) is 17.2 Å². The van der Waals surface area contributed by atoms with E-state index in [-0.39, 0.29) is 28.4 Å². The molecule has 49 heavy (non-hydrogen) atoms. The van der Waals surface area contributed by atoms with E-state index in [4.69, 9.17) is 14.2 Å². The molecule has 0 saturated carbocycles. The number of amides is 2. The van der Waals surface area contributed by atoms with Gasteiger partial charge in [0, 0.05) is 49.8 Å². The lowest BCUT2D eigenvalue weighted by Crippen LogP contribution is -2.36. The monoisotopic (exact) mass is 693 g/mol. The van der Waals surface area contributed by atoms with Gasteiger partial charge in [-0.1, -0.05) is 0 Å². The van der Waals surface area contributed by atoms with Gasteiger partial charge in [-0.25, -0.2) is 32.6 Å². The fourth-order valence-electron chi connectivity index (χ4n) is 4.73. The number of alkyl halides is 3. The third-order valence-corrected chi connectivity index (χ3v) is 6.81. The SMILES string of the molecule is CC(C)(C)OC(=O)Nc1nccc(Oc2c(F)cc(NC(=O)c3cnn(-c4ncccc4F)c3C(F)(F)F)cc2F)c1CN1CCOCC1. The van der Waals surface area contributed by atoms with E-state index in [0.29, 0.717) is 44.6 Å². The molecule has 0 bridgehead atoms. The molecule has 1 aromatic carbocycles. The third kappa shape index (κ3) is 8.44. The third-order valence-electron chi connectivity index (χ3n) is 6.81. The van der Waals surface area contributed by atoms with Crippen LogP contribution in [0.15, 0.2) is 48.9 Å². The van der Waals surface area contributed by atoms with E-state index >= 15 is 8.78 Å². The molecule has 4 heterocycles. The van der Waals surface area contributed by atoms with Crippen LogP contribution in [0.2, 0.25) is 0 Å². The normalized spacial score (nSPS) is 14.0. The summed E-state index contributed by atoms with van der Waals surface area (Å²) in [6, 6.07) is 4.60. The number of pyridine rings is 2. The molecule has 2 amide bonds.